The van der Waals surface area contributed by atoms with Crippen molar-refractivity contribution in [1.82, 2.24) is 0 Å². The van der Waals surface area contributed by atoms with Crippen molar-refractivity contribution < 1.29 is 4.39 Å². The van der Waals surface area contributed by atoms with Crippen LogP contribution in [0, 0.1) is 0 Å². The lowest BCUT2D eigenvalue weighted by atomic mass is 11.0. The Hall–Kier alpha value is 0.0300. The highest BCUT2D eigenvalue weighted by molar-refractivity contribution is 6.29. The van der Waals surface area contributed by atoms with Crippen LogP contribution in [0.15, 0.2) is 16.6 Å². The van der Waals surface area contributed by atoms with Gasteiger partial charge in [0, 0.05) is 0 Å². The van der Waals surface area contributed by atoms with E-state index in [0.717, 1.165) is 5.54 Å². The maximum Gasteiger partial charge on any atom is 0.233 e. The summed E-state index contributed by atoms with van der Waals surface area (Å²) < 4.78 is 11.2. The van der Waals surface area contributed by atoms with Crippen LogP contribution in [0.5, 0.6) is 0 Å². The van der Waals surface area contributed by atoms with E-state index >= 15 is 0 Å². The molecule has 0 N–H and O–H groups in total. The first-order valence-electron chi connectivity index (χ1n) is 1.13. The molecule has 0 atom stereocenters. The van der Waals surface area contributed by atoms with Crippen LogP contribution in [0.2, 0.25) is 0 Å². The fourth-order valence-electron chi connectivity index (χ4n) is 0.0412. The van der Waals surface area contributed by atoms with E-state index < -0.39 is 5.29 Å². The summed E-state index contributed by atoms with van der Waals surface area (Å²) >= 11 is 9.42. The smallest absolute Gasteiger partial charge is 0.184 e. The van der Waals surface area contributed by atoms with Gasteiger partial charge in [0.2, 0.25) is 5.29 Å². The van der Waals surface area contributed by atoms with Crippen LogP contribution in [-0.4, -0.2) is 0 Å². The third kappa shape index (κ3) is 4.03. The number of hydrogen-bond acceptors (Lipinski definition) is 0. The quantitative estimate of drug-likeness (QED) is 0.438. The molecular formula is C3HCl2F. The molecule has 6 heavy (non-hydrogen) atoms. The highest BCUT2D eigenvalue weighted by Gasteiger charge is 1.71. The molecule has 0 spiro atoms. The lowest BCUT2D eigenvalue weighted by Gasteiger charge is -1.60. The average molecular weight is 127 g/mol. The third-order valence-electron chi connectivity index (χ3n) is 0.164. The molecule has 3 heteroatoms. The second kappa shape index (κ2) is 3.23. The van der Waals surface area contributed by atoms with Gasteiger partial charge in [0.05, 0.1) is 5.54 Å². The zero-order valence-corrected chi connectivity index (χ0v) is 4.22. The summed E-state index contributed by atoms with van der Waals surface area (Å²) in [5, 5.41) is -0.926. The maximum atomic E-state index is 11.2. The van der Waals surface area contributed by atoms with Gasteiger partial charge >= 0.3 is 0 Å². The van der Waals surface area contributed by atoms with Gasteiger partial charge in [-0.3, -0.25) is 0 Å². The summed E-state index contributed by atoms with van der Waals surface area (Å²) in [6.07, 6.45) is 0. The van der Waals surface area contributed by atoms with E-state index in [1.807, 2.05) is 5.73 Å². The van der Waals surface area contributed by atoms with Gasteiger partial charge < -0.3 is 0 Å². The molecule has 0 bridgehead atoms. The summed E-state index contributed by atoms with van der Waals surface area (Å²) in [6.45, 7) is 0. The van der Waals surface area contributed by atoms with Gasteiger partial charge in [0.1, 0.15) is 0 Å². The van der Waals surface area contributed by atoms with Crippen molar-refractivity contribution in [2.24, 2.45) is 0 Å². The molecule has 0 aromatic heterocycles. The Bertz CT molecular complexity index is 87.0. The van der Waals surface area contributed by atoms with Gasteiger partial charge in [-0.1, -0.05) is 17.3 Å². The van der Waals surface area contributed by atoms with E-state index in [4.69, 9.17) is 11.6 Å². The normalized spacial score (nSPS) is 6.50. The van der Waals surface area contributed by atoms with Gasteiger partial charge in [-0.15, -0.1) is 0 Å². The first kappa shape index (κ1) is 6.03. The number of rotatable bonds is 0. The average Bonchev–Trinajstić information content (AvgIpc) is 1.35. The molecule has 0 nitrogen and oxygen atoms in total. The Morgan fingerprint density at radius 1 is 1.83 bits per heavy atom. The van der Waals surface area contributed by atoms with Crippen LogP contribution in [-0.2, 0) is 0 Å². The first-order chi connectivity index (χ1) is 2.77. The molecule has 0 rings (SSSR count). The summed E-state index contributed by atoms with van der Waals surface area (Å²) in [5.74, 6) is 0. The molecule has 0 aromatic rings. The van der Waals surface area contributed by atoms with Crippen LogP contribution in [0.1, 0.15) is 0 Å². The lowest BCUT2D eigenvalue weighted by Crippen LogP contribution is -1.37. The topological polar surface area (TPSA) is 0 Å². The van der Waals surface area contributed by atoms with E-state index in [-0.39, 0.29) is 0 Å². The lowest BCUT2D eigenvalue weighted by molar-refractivity contribution is 0.697. The van der Waals surface area contributed by atoms with Crippen molar-refractivity contribution in [3.63, 3.8) is 0 Å². The van der Waals surface area contributed by atoms with E-state index in [9.17, 15) is 4.39 Å². The zero-order chi connectivity index (χ0) is 4.99. The van der Waals surface area contributed by atoms with E-state index in [1.54, 1.807) is 0 Å². The Kier molecular flexibility index (Phi) is 3.24. The minimum Gasteiger partial charge on any atom is -0.184 e. The van der Waals surface area contributed by atoms with Gasteiger partial charge in [-0.2, -0.15) is 4.39 Å². The predicted molar refractivity (Wildman–Crippen MR) is 24.4 cm³/mol. The highest BCUT2D eigenvalue weighted by Crippen LogP contribution is 1.97. The summed E-state index contributed by atoms with van der Waals surface area (Å²) in [7, 11) is 0. The van der Waals surface area contributed by atoms with Crippen LogP contribution in [0.25, 0.3) is 0 Å². The van der Waals surface area contributed by atoms with Crippen LogP contribution < -0.4 is 0 Å². The Labute approximate surface area is 44.9 Å². The Balaban J connectivity index is 3.73. The molecule has 0 aliphatic carbocycles. The molecule has 0 amide bonds. The Morgan fingerprint density at radius 3 is 2.33 bits per heavy atom. The van der Waals surface area contributed by atoms with Gasteiger partial charge in [0.15, 0.2) is 0 Å². The molecule has 0 aliphatic heterocycles. The second-order valence-electron chi connectivity index (χ2n) is 0.514. The minimum absolute atomic E-state index is 0.877. The Morgan fingerprint density at radius 2 is 2.33 bits per heavy atom. The molecule has 34 valence electrons. The number of halogens is 3. The summed E-state index contributed by atoms with van der Waals surface area (Å²) in [4.78, 5) is 0. The van der Waals surface area contributed by atoms with Crippen LogP contribution in [0.4, 0.5) is 4.39 Å². The molecule has 0 fully saturated rings. The summed E-state index contributed by atoms with van der Waals surface area (Å²) in [6, 6.07) is 0. The minimum atomic E-state index is -0.926. The molecule has 0 aliphatic rings. The van der Waals surface area contributed by atoms with Crippen LogP contribution >= 0.6 is 23.2 Å². The SMILES string of the molecule is FC(Cl)=C=CCl. The molecule has 0 aromatic carbocycles. The monoisotopic (exact) mass is 126 g/mol. The van der Waals surface area contributed by atoms with Gasteiger partial charge in [-0.05, 0) is 11.6 Å². The van der Waals surface area contributed by atoms with Crippen molar-refractivity contribution in [2.75, 3.05) is 0 Å². The van der Waals surface area contributed by atoms with Gasteiger partial charge in [-0.25, -0.2) is 0 Å². The van der Waals surface area contributed by atoms with E-state index in [0.29, 0.717) is 0 Å². The van der Waals surface area contributed by atoms with Crippen molar-refractivity contribution in [2.45, 2.75) is 0 Å². The fraction of sp³-hybridized carbons (Fsp3) is 0. The molecule has 0 saturated heterocycles. The molecule has 0 heterocycles. The van der Waals surface area contributed by atoms with Crippen LogP contribution in [0.3, 0.4) is 0 Å². The molecule has 0 unspecified atom stereocenters. The maximum absolute atomic E-state index is 11.2. The standard InChI is InChI=1S/C3HCl2F/c4-2-1-3(5)6/h2H. The predicted octanol–water partition coefficient (Wildman–Crippen LogP) is 2.39. The largest absolute Gasteiger partial charge is 0.233 e. The number of hydrogen-bond donors (Lipinski definition) is 0. The molecular weight excluding hydrogens is 126 g/mol. The fourth-order valence-corrected chi connectivity index (χ4v) is 0.247. The summed E-state index contributed by atoms with van der Waals surface area (Å²) in [5.41, 5.74) is 2.74. The van der Waals surface area contributed by atoms with Gasteiger partial charge in [0.25, 0.3) is 0 Å². The first-order valence-corrected chi connectivity index (χ1v) is 1.95. The second-order valence-corrected chi connectivity index (χ2v) is 1.06. The highest BCUT2D eigenvalue weighted by atomic mass is 35.5. The molecule has 0 saturated carbocycles. The zero-order valence-electron chi connectivity index (χ0n) is 2.71. The van der Waals surface area contributed by atoms with Crippen molar-refractivity contribution in [1.29, 1.82) is 0 Å². The van der Waals surface area contributed by atoms with E-state index in [2.05, 4.69) is 11.6 Å². The molecule has 0 radical (unpaired) electrons. The third-order valence-corrected chi connectivity index (χ3v) is 0.382. The van der Waals surface area contributed by atoms with Crippen molar-refractivity contribution >= 4 is 23.2 Å². The van der Waals surface area contributed by atoms with Crippen molar-refractivity contribution in [3.8, 4) is 0 Å². The van der Waals surface area contributed by atoms with Crippen molar-refractivity contribution in [3.05, 3.63) is 16.6 Å². The van der Waals surface area contributed by atoms with E-state index in [1.165, 1.54) is 0 Å².